The number of hydrogen-bond acceptors (Lipinski definition) is 4. The van der Waals surface area contributed by atoms with Gasteiger partial charge in [-0.1, -0.05) is 30.0 Å². The van der Waals surface area contributed by atoms with Crippen molar-refractivity contribution in [3.8, 4) is 5.69 Å². The quantitative estimate of drug-likeness (QED) is 0.836. The van der Waals surface area contributed by atoms with E-state index in [1.165, 1.54) is 0 Å². The van der Waals surface area contributed by atoms with Crippen LogP contribution in [0.2, 0.25) is 0 Å². The summed E-state index contributed by atoms with van der Waals surface area (Å²) in [5.41, 5.74) is 0.933. The van der Waals surface area contributed by atoms with Crippen LogP contribution in [0.25, 0.3) is 5.69 Å². The minimum absolute atomic E-state index is 0.0229. The number of hydrogen-bond donors (Lipinski definition) is 1. The fourth-order valence-electron chi connectivity index (χ4n) is 1.44. The molecule has 0 atom stereocenters. The Hall–Kier alpha value is -1.82. The van der Waals surface area contributed by atoms with Crippen LogP contribution in [-0.2, 0) is 4.79 Å². The van der Waals surface area contributed by atoms with E-state index < -0.39 is 5.97 Å². The van der Waals surface area contributed by atoms with Gasteiger partial charge in [-0.05, 0) is 19.1 Å². The summed E-state index contributed by atoms with van der Waals surface area (Å²) in [4.78, 5) is 10.5. The Kier molecular flexibility index (Phi) is 3.43. The number of aromatic nitrogens is 3. The average molecular weight is 249 g/mol. The zero-order valence-corrected chi connectivity index (χ0v) is 10.0. The number of carbonyl (C=O) groups is 1. The second-order valence-electron chi connectivity index (χ2n) is 3.38. The van der Waals surface area contributed by atoms with E-state index in [1.807, 2.05) is 41.8 Å². The lowest BCUT2D eigenvalue weighted by atomic mass is 10.3. The van der Waals surface area contributed by atoms with Gasteiger partial charge in [0.05, 0.1) is 5.75 Å². The van der Waals surface area contributed by atoms with Crippen LogP contribution < -0.4 is 0 Å². The number of carboxylic acid groups (broad SMARTS) is 1. The molecule has 2 aromatic rings. The number of nitrogens with zero attached hydrogens (tertiary/aromatic N) is 3. The fraction of sp³-hybridized carbons (Fsp3) is 0.182. The first-order chi connectivity index (χ1) is 8.18. The summed E-state index contributed by atoms with van der Waals surface area (Å²) in [6.07, 6.45) is 0. The first-order valence-electron chi connectivity index (χ1n) is 5.00. The SMILES string of the molecule is Cc1nnc(SCC(=O)O)n1-c1ccccc1. The Morgan fingerprint density at radius 1 is 1.35 bits per heavy atom. The smallest absolute Gasteiger partial charge is 0.313 e. The monoisotopic (exact) mass is 249 g/mol. The van der Waals surface area contributed by atoms with Gasteiger partial charge < -0.3 is 5.11 Å². The van der Waals surface area contributed by atoms with Crippen molar-refractivity contribution in [2.45, 2.75) is 12.1 Å². The normalized spacial score (nSPS) is 10.4. The second-order valence-corrected chi connectivity index (χ2v) is 4.33. The molecule has 1 N–H and O–H groups in total. The van der Waals surface area contributed by atoms with Crippen molar-refractivity contribution >= 4 is 17.7 Å². The molecule has 0 radical (unpaired) electrons. The molecule has 0 saturated heterocycles. The molecule has 1 aromatic carbocycles. The maximum absolute atomic E-state index is 10.5. The number of rotatable bonds is 4. The summed E-state index contributed by atoms with van der Waals surface area (Å²) in [6, 6.07) is 9.62. The minimum atomic E-state index is -0.865. The van der Waals surface area contributed by atoms with Crippen molar-refractivity contribution in [3.63, 3.8) is 0 Å². The van der Waals surface area contributed by atoms with Crippen LogP contribution in [-0.4, -0.2) is 31.6 Å². The summed E-state index contributed by atoms with van der Waals surface area (Å²) in [6.45, 7) is 1.84. The molecule has 0 saturated carbocycles. The van der Waals surface area contributed by atoms with Gasteiger partial charge in [-0.3, -0.25) is 9.36 Å². The Morgan fingerprint density at radius 2 is 2.06 bits per heavy atom. The molecular formula is C11H11N3O2S. The van der Waals surface area contributed by atoms with Crippen LogP contribution >= 0.6 is 11.8 Å². The highest BCUT2D eigenvalue weighted by Gasteiger charge is 2.12. The van der Waals surface area contributed by atoms with Crippen LogP contribution in [0.1, 0.15) is 5.82 Å². The van der Waals surface area contributed by atoms with Gasteiger partial charge in [0.1, 0.15) is 5.82 Å². The van der Waals surface area contributed by atoms with Crippen molar-refractivity contribution in [2.75, 3.05) is 5.75 Å². The van der Waals surface area contributed by atoms with E-state index in [1.54, 1.807) is 0 Å². The summed E-state index contributed by atoms with van der Waals surface area (Å²) in [5, 5.41) is 17.2. The van der Waals surface area contributed by atoms with E-state index in [-0.39, 0.29) is 5.75 Å². The number of para-hydroxylation sites is 1. The lowest BCUT2D eigenvalue weighted by Crippen LogP contribution is -2.02. The van der Waals surface area contributed by atoms with Gasteiger partial charge in [-0.2, -0.15) is 0 Å². The van der Waals surface area contributed by atoms with Crippen molar-refractivity contribution in [2.24, 2.45) is 0 Å². The molecule has 0 unspecified atom stereocenters. The van der Waals surface area contributed by atoms with E-state index in [9.17, 15) is 4.79 Å². The van der Waals surface area contributed by atoms with Gasteiger partial charge in [-0.25, -0.2) is 0 Å². The zero-order chi connectivity index (χ0) is 12.3. The van der Waals surface area contributed by atoms with Crippen LogP contribution in [0.15, 0.2) is 35.5 Å². The lowest BCUT2D eigenvalue weighted by Gasteiger charge is -2.06. The van der Waals surface area contributed by atoms with E-state index >= 15 is 0 Å². The molecule has 88 valence electrons. The van der Waals surface area contributed by atoms with Gasteiger partial charge in [0.15, 0.2) is 5.16 Å². The third-order valence-corrected chi connectivity index (χ3v) is 3.05. The molecule has 0 fully saturated rings. The number of aliphatic carboxylic acids is 1. The maximum Gasteiger partial charge on any atom is 0.313 e. The third-order valence-electron chi connectivity index (χ3n) is 2.13. The summed E-state index contributed by atoms with van der Waals surface area (Å²) in [5.74, 6) is -0.148. The Bertz CT molecular complexity index is 525. The molecule has 0 aliphatic rings. The van der Waals surface area contributed by atoms with Gasteiger partial charge in [-0.15, -0.1) is 10.2 Å². The summed E-state index contributed by atoms with van der Waals surface area (Å²) < 4.78 is 1.84. The predicted octanol–water partition coefficient (Wildman–Crippen LogP) is 1.75. The average Bonchev–Trinajstić information content (AvgIpc) is 2.69. The maximum atomic E-state index is 10.5. The van der Waals surface area contributed by atoms with Gasteiger partial charge in [0.25, 0.3) is 0 Å². The van der Waals surface area contributed by atoms with Crippen LogP contribution in [0.5, 0.6) is 0 Å². The molecule has 6 heteroatoms. The van der Waals surface area contributed by atoms with Gasteiger partial charge in [0, 0.05) is 5.69 Å². The highest BCUT2D eigenvalue weighted by Crippen LogP contribution is 2.21. The number of carboxylic acids is 1. The van der Waals surface area contributed by atoms with Gasteiger partial charge in [0.2, 0.25) is 0 Å². The van der Waals surface area contributed by atoms with E-state index in [0.29, 0.717) is 5.16 Å². The highest BCUT2D eigenvalue weighted by molar-refractivity contribution is 7.99. The standard InChI is InChI=1S/C11H11N3O2S/c1-8-12-13-11(17-7-10(15)16)14(8)9-5-3-2-4-6-9/h2-6H,7H2,1H3,(H,15,16). The van der Waals surface area contributed by atoms with Crippen LogP contribution in [0.4, 0.5) is 0 Å². The number of aryl methyl sites for hydroxylation is 1. The summed E-state index contributed by atoms with van der Waals surface area (Å²) in [7, 11) is 0. The first-order valence-corrected chi connectivity index (χ1v) is 5.99. The molecule has 0 bridgehead atoms. The Morgan fingerprint density at radius 3 is 2.71 bits per heavy atom. The van der Waals surface area contributed by atoms with Gasteiger partial charge >= 0.3 is 5.97 Å². The third kappa shape index (κ3) is 2.65. The van der Waals surface area contributed by atoms with Crippen molar-refractivity contribution in [3.05, 3.63) is 36.2 Å². The second kappa shape index (κ2) is 5.01. The molecule has 17 heavy (non-hydrogen) atoms. The minimum Gasteiger partial charge on any atom is -0.481 e. The molecule has 0 amide bonds. The highest BCUT2D eigenvalue weighted by atomic mass is 32.2. The van der Waals surface area contributed by atoms with Crippen molar-refractivity contribution in [1.29, 1.82) is 0 Å². The summed E-state index contributed by atoms with van der Waals surface area (Å²) >= 11 is 1.16. The zero-order valence-electron chi connectivity index (χ0n) is 9.20. The molecule has 0 spiro atoms. The van der Waals surface area contributed by atoms with E-state index in [2.05, 4.69) is 10.2 Å². The Labute approximate surface area is 102 Å². The number of thioether (sulfide) groups is 1. The van der Waals surface area contributed by atoms with Crippen molar-refractivity contribution in [1.82, 2.24) is 14.8 Å². The first kappa shape index (κ1) is 11.7. The molecule has 2 rings (SSSR count). The Balaban J connectivity index is 2.33. The largest absolute Gasteiger partial charge is 0.481 e. The number of benzene rings is 1. The molecular weight excluding hydrogens is 238 g/mol. The molecule has 0 aliphatic carbocycles. The molecule has 1 aromatic heterocycles. The van der Waals surface area contributed by atoms with E-state index in [0.717, 1.165) is 23.3 Å². The van der Waals surface area contributed by atoms with Crippen molar-refractivity contribution < 1.29 is 9.90 Å². The molecule has 5 nitrogen and oxygen atoms in total. The molecule has 0 aliphatic heterocycles. The van der Waals surface area contributed by atoms with Crippen LogP contribution in [0.3, 0.4) is 0 Å². The predicted molar refractivity (Wildman–Crippen MR) is 64.5 cm³/mol. The van der Waals surface area contributed by atoms with Crippen LogP contribution in [0, 0.1) is 6.92 Å². The molecule has 1 heterocycles. The van der Waals surface area contributed by atoms with E-state index in [4.69, 9.17) is 5.11 Å². The lowest BCUT2D eigenvalue weighted by molar-refractivity contribution is -0.133. The fourth-order valence-corrected chi connectivity index (χ4v) is 2.15. The topological polar surface area (TPSA) is 68.0 Å².